The number of nitrogens with one attached hydrogen (secondary N) is 2. The number of halogens is 1. The number of hydrogen-bond acceptors (Lipinski definition) is 2. The normalized spacial score (nSPS) is 9.23. The molecule has 0 fully saturated rings. The quantitative estimate of drug-likeness (QED) is 0.376. The number of guanidine groups is 1. The zero-order valence-electron chi connectivity index (χ0n) is 6.90. The maximum Gasteiger partial charge on any atom is 0.206 e. The Morgan fingerprint density at radius 3 is 2.54 bits per heavy atom. The first-order valence-corrected chi connectivity index (χ1v) is 3.47. The summed E-state index contributed by atoms with van der Waals surface area (Å²) in [7, 11) is 0. The summed E-state index contributed by atoms with van der Waals surface area (Å²) in [5.41, 5.74) is 8.30. The standard InChI is InChI=1S/C8H10N4.ClH/c9-8(10)12-11-6-7-4-2-1-3-5-7;/h1-6H,(H4,9,10,12);1H/b11-6+;. The van der Waals surface area contributed by atoms with Gasteiger partial charge >= 0.3 is 0 Å². The highest BCUT2D eigenvalue weighted by atomic mass is 35.5. The van der Waals surface area contributed by atoms with E-state index in [0.29, 0.717) is 0 Å². The van der Waals surface area contributed by atoms with Gasteiger partial charge < -0.3 is 5.73 Å². The summed E-state index contributed by atoms with van der Waals surface area (Å²) < 4.78 is 0. The van der Waals surface area contributed by atoms with Gasteiger partial charge in [0, 0.05) is 0 Å². The highest BCUT2D eigenvalue weighted by molar-refractivity contribution is 5.85. The van der Waals surface area contributed by atoms with Crippen LogP contribution in [0.25, 0.3) is 0 Å². The molecule has 0 unspecified atom stereocenters. The van der Waals surface area contributed by atoms with Gasteiger partial charge in [0.25, 0.3) is 0 Å². The molecule has 5 heteroatoms. The zero-order chi connectivity index (χ0) is 8.81. The van der Waals surface area contributed by atoms with E-state index in [-0.39, 0.29) is 18.4 Å². The average Bonchev–Trinajstić information content (AvgIpc) is 2.05. The van der Waals surface area contributed by atoms with Crippen molar-refractivity contribution in [3.63, 3.8) is 0 Å². The van der Waals surface area contributed by atoms with Crippen LogP contribution < -0.4 is 11.2 Å². The smallest absolute Gasteiger partial charge is 0.206 e. The molecule has 0 aliphatic heterocycles. The molecule has 1 aromatic rings. The number of benzene rings is 1. The van der Waals surface area contributed by atoms with E-state index in [1.807, 2.05) is 30.3 Å². The van der Waals surface area contributed by atoms with E-state index < -0.39 is 0 Å². The van der Waals surface area contributed by atoms with Crippen molar-refractivity contribution in [3.05, 3.63) is 35.9 Å². The van der Waals surface area contributed by atoms with Crippen LogP contribution in [-0.2, 0) is 0 Å². The van der Waals surface area contributed by atoms with E-state index in [1.54, 1.807) is 6.21 Å². The Bertz CT molecular complexity index is 283. The largest absolute Gasteiger partial charge is 0.369 e. The molecule has 4 N–H and O–H groups in total. The average molecular weight is 199 g/mol. The van der Waals surface area contributed by atoms with Crippen molar-refractivity contribution in [2.45, 2.75) is 0 Å². The Kier molecular flexibility index (Phi) is 5.30. The van der Waals surface area contributed by atoms with E-state index in [9.17, 15) is 0 Å². The van der Waals surface area contributed by atoms with Gasteiger partial charge in [-0.05, 0) is 5.56 Å². The molecular formula is C8H11ClN4. The van der Waals surface area contributed by atoms with Gasteiger partial charge in [-0.2, -0.15) is 5.10 Å². The fourth-order valence-electron chi connectivity index (χ4n) is 0.715. The molecule has 0 bridgehead atoms. The van der Waals surface area contributed by atoms with Crippen LogP contribution in [0, 0.1) is 5.41 Å². The molecule has 0 radical (unpaired) electrons. The van der Waals surface area contributed by atoms with Crippen LogP contribution in [-0.4, -0.2) is 12.2 Å². The number of rotatable bonds is 2. The SMILES string of the molecule is Cl.N=C(N)N/N=C/c1ccccc1. The lowest BCUT2D eigenvalue weighted by Gasteiger charge is -1.93. The maximum absolute atomic E-state index is 6.81. The first kappa shape index (κ1) is 11.4. The third kappa shape index (κ3) is 4.81. The lowest BCUT2D eigenvalue weighted by atomic mass is 10.2. The van der Waals surface area contributed by atoms with Crippen LogP contribution >= 0.6 is 12.4 Å². The van der Waals surface area contributed by atoms with Crippen LogP contribution in [0.3, 0.4) is 0 Å². The molecule has 13 heavy (non-hydrogen) atoms. The molecule has 0 heterocycles. The Labute approximate surface area is 82.8 Å². The summed E-state index contributed by atoms with van der Waals surface area (Å²) in [6.07, 6.45) is 1.60. The molecule has 0 aliphatic carbocycles. The van der Waals surface area contributed by atoms with E-state index in [1.165, 1.54) is 0 Å². The van der Waals surface area contributed by atoms with Crippen molar-refractivity contribution < 1.29 is 0 Å². The Hall–Kier alpha value is -1.55. The molecule has 0 saturated heterocycles. The lowest BCUT2D eigenvalue weighted by molar-refractivity contribution is 1.00. The lowest BCUT2D eigenvalue weighted by Crippen LogP contribution is -2.25. The molecule has 1 aromatic carbocycles. The van der Waals surface area contributed by atoms with E-state index in [4.69, 9.17) is 11.1 Å². The third-order valence-corrected chi connectivity index (χ3v) is 1.20. The van der Waals surface area contributed by atoms with E-state index in [2.05, 4.69) is 10.5 Å². The Morgan fingerprint density at radius 1 is 1.38 bits per heavy atom. The second kappa shape index (κ2) is 6.02. The first-order valence-electron chi connectivity index (χ1n) is 3.47. The van der Waals surface area contributed by atoms with Gasteiger partial charge in [-0.1, -0.05) is 30.3 Å². The Balaban J connectivity index is 0.00000144. The van der Waals surface area contributed by atoms with Crippen molar-refractivity contribution >= 4 is 24.6 Å². The minimum Gasteiger partial charge on any atom is -0.369 e. The fourth-order valence-corrected chi connectivity index (χ4v) is 0.715. The second-order valence-corrected chi connectivity index (χ2v) is 2.19. The maximum atomic E-state index is 6.81. The summed E-state index contributed by atoms with van der Waals surface area (Å²) >= 11 is 0. The van der Waals surface area contributed by atoms with Crippen LogP contribution in [0.1, 0.15) is 5.56 Å². The summed E-state index contributed by atoms with van der Waals surface area (Å²) in [4.78, 5) is 0. The molecule has 0 aromatic heterocycles. The molecule has 0 spiro atoms. The molecule has 0 saturated carbocycles. The van der Waals surface area contributed by atoms with Gasteiger partial charge in [0.15, 0.2) is 0 Å². The van der Waals surface area contributed by atoms with Crippen molar-refractivity contribution in [1.29, 1.82) is 5.41 Å². The number of nitrogens with two attached hydrogens (primary N) is 1. The summed E-state index contributed by atoms with van der Waals surface area (Å²) in [6.45, 7) is 0. The van der Waals surface area contributed by atoms with Crippen molar-refractivity contribution in [1.82, 2.24) is 5.43 Å². The minimum atomic E-state index is -0.165. The second-order valence-electron chi connectivity index (χ2n) is 2.19. The summed E-state index contributed by atoms with van der Waals surface area (Å²) in [5, 5.41) is 10.5. The van der Waals surface area contributed by atoms with Crippen molar-refractivity contribution in [2.75, 3.05) is 0 Å². The van der Waals surface area contributed by atoms with E-state index >= 15 is 0 Å². The number of nitrogens with zero attached hydrogens (tertiary/aromatic N) is 1. The molecule has 0 aliphatic rings. The van der Waals surface area contributed by atoms with Gasteiger partial charge in [0.1, 0.15) is 0 Å². The van der Waals surface area contributed by atoms with Gasteiger partial charge in [-0.3, -0.25) is 5.41 Å². The Morgan fingerprint density at radius 2 is 2.00 bits per heavy atom. The van der Waals surface area contributed by atoms with Crippen molar-refractivity contribution in [3.8, 4) is 0 Å². The van der Waals surface area contributed by atoms with E-state index in [0.717, 1.165) is 5.56 Å². The van der Waals surface area contributed by atoms with Crippen LogP contribution in [0.5, 0.6) is 0 Å². The molecule has 0 amide bonds. The van der Waals surface area contributed by atoms with Crippen molar-refractivity contribution in [2.24, 2.45) is 10.8 Å². The predicted octanol–water partition coefficient (Wildman–Crippen LogP) is 0.925. The first-order chi connectivity index (χ1) is 5.79. The van der Waals surface area contributed by atoms with Gasteiger partial charge in [0.05, 0.1) is 6.21 Å². The van der Waals surface area contributed by atoms with Crippen LogP contribution in [0.15, 0.2) is 35.4 Å². The third-order valence-electron chi connectivity index (χ3n) is 1.20. The van der Waals surface area contributed by atoms with Crippen LogP contribution in [0.2, 0.25) is 0 Å². The minimum absolute atomic E-state index is 0. The predicted molar refractivity (Wildman–Crippen MR) is 56.3 cm³/mol. The fraction of sp³-hybridized carbons (Fsp3) is 0. The van der Waals surface area contributed by atoms with Gasteiger partial charge in [0.2, 0.25) is 5.96 Å². The summed E-state index contributed by atoms with van der Waals surface area (Å²) in [5.74, 6) is -0.165. The zero-order valence-corrected chi connectivity index (χ0v) is 7.71. The summed E-state index contributed by atoms with van der Waals surface area (Å²) in [6, 6.07) is 9.57. The molecule has 4 nitrogen and oxygen atoms in total. The topological polar surface area (TPSA) is 74.3 Å². The number of hydrazone groups is 1. The monoisotopic (exact) mass is 198 g/mol. The molecule has 70 valence electrons. The molecule has 1 rings (SSSR count). The molecule has 0 atom stereocenters. The van der Waals surface area contributed by atoms with Crippen LogP contribution in [0.4, 0.5) is 0 Å². The highest BCUT2D eigenvalue weighted by Crippen LogP contribution is 1.92. The van der Waals surface area contributed by atoms with Gasteiger partial charge in [-0.15, -0.1) is 12.4 Å². The highest BCUT2D eigenvalue weighted by Gasteiger charge is 1.83. The number of hydrogen-bond donors (Lipinski definition) is 3. The molecular weight excluding hydrogens is 188 g/mol. The van der Waals surface area contributed by atoms with Gasteiger partial charge in [-0.25, -0.2) is 5.43 Å².